The van der Waals surface area contributed by atoms with E-state index in [0.717, 1.165) is 34.8 Å². The van der Waals surface area contributed by atoms with Crippen molar-refractivity contribution in [3.63, 3.8) is 0 Å². The SMILES string of the molecule is CCc1ccc(C(C)NC(=O)CSCc2c(C)noc2C)cc1. The molecule has 1 N–H and O–H groups in total. The topological polar surface area (TPSA) is 55.1 Å². The molecule has 0 spiro atoms. The Labute approximate surface area is 142 Å². The number of nitrogens with zero attached hydrogens (tertiary/aromatic N) is 1. The van der Waals surface area contributed by atoms with Crippen LogP contribution in [0.3, 0.4) is 0 Å². The Morgan fingerprint density at radius 2 is 2.00 bits per heavy atom. The van der Waals surface area contributed by atoms with Gasteiger partial charge in [0, 0.05) is 11.3 Å². The number of thioether (sulfide) groups is 1. The highest BCUT2D eigenvalue weighted by Crippen LogP contribution is 2.20. The van der Waals surface area contributed by atoms with Gasteiger partial charge in [-0.15, -0.1) is 11.8 Å². The summed E-state index contributed by atoms with van der Waals surface area (Å²) in [5.74, 6) is 2.06. The summed E-state index contributed by atoms with van der Waals surface area (Å²) in [6, 6.07) is 8.42. The zero-order chi connectivity index (χ0) is 16.8. The number of carbonyl (C=O) groups excluding carboxylic acids is 1. The molecule has 23 heavy (non-hydrogen) atoms. The van der Waals surface area contributed by atoms with Gasteiger partial charge in [-0.1, -0.05) is 36.3 Å². The number of carbonyl (C=O) groups is 1. The van der Waals surface area contributed by atoms with Crippen LogP contribution in [0.2, 0.25) is 0 Å². The Balaban J connectivity index is 1.79. The summed E-state index contributed by atoms with van der Waals surface area (Å²) < 4.78 is 5.13. The third kappa shape index (κ3) is 4.86. The van der Waals surface area contributed by atoms with Crippen molar-refractivity contribution in [3.8, 4) is 0 Å². The van der Waals surface area contributed by atoms with E-state index < -0.39 is 0 Å². The van der Waals surface area contributed by atoms with E-state index in [1.165, 1.54) is 5.56 Å². The summed E-state index contributed by atoms with van der Waals surface area (Å²) in [7, 11) is 0. The van der Waals surface area contributed by atoms with Crippen LogP contribution < -0.4 is 5.32 Å². The molecule has 0 radical (unpaired) electrons. The summed E-state index contributed by atoms with van der Waals surface area (Å²) in [4.78, 5) is 12.1. The third-order valence-corrected chi connectivity index (χ3v) is 4.89. The van der Waals surface area contributed by atoms with Crippen molar-refractivity contribution in [1.82, 2.24) is 10.5 Å². The summed E-state index contributed by atoms with van der Waals surface area (Å²) >= 11 is 1.58. The van der Waals surface area contributed by atoms with E-state index in [1.54, 1.807) is 11.8 Å². The highest BCUT2D eigenvalue weighted by molar-refractivity contribution is 7.99. The number of hydrogen-bond acceptors (Lipinski definition) is 4. The van der Waals surface area contributed by atoms with Crippen LogP contribution in [0.25, 0.3) is 0 Å². The number of rotatable bonds is 7. The Bertz CT molecular complexity index is 630. The van der Waals surface area contributed by atoms with E-state index in [4.69, 9.17) is 4.52 Å². The summed E-state index contributed by atoms with van der Waals surface area (Å²) in [5.41, 5.74) is 4.43. The smallest absolute Gasteiger partial charge is 0.230 e. The fourth-order valence-corrected chi connectivity index (χ4v) is 3.35. The van der Waals surface area contributed by atoms with Crippen LogP contribution >= 0.6 is 11.8 Å². The summed E-state index contributed by atoms with van der Waals surface area (Å²) in [6.45, 7) is 7.97. The molecule has 4 nitrogen and oxygen atoms in total. The molecule has 1 heterocycles. The first-order chi connectivity index (χ1) is 11.0. The second-order valence-corrected chi connectivity index (χ2v) is 6.67. The first-order valence-corrected chi connectivity index (χ1v) is 9.04. The molecule has 1 atom stereocenters. The maximum atomic E-state index is 12.1. The van der Waals surface area contributed by atoms with Gasteiger partial charge in [0.25, 0.3) is 0 Å². The van der Waals surface area contributed by atoms with Crippen LogP contribution in [0, 0.1) is 13.8 Å². The van der Waals surface area contributed by atoms with Crippen molar-refractivity contribution in [1.29, 1.82) is 0 Å². The average Bonchev–Trinajstić information content (AvgIpc) is 2.86. The molecule has 0 fully saturated rings. The predicted molar refractivity (Wildman–Crippen MR) is 94.5 cm³/mol. The molecule has 2 aromatic rings. The van der Waals surface area contributed by atoms with E-state index in [-0.39, 0.29) is 11.9 Å². The summed E-state index contributed by atoms with van der Waals surface area (Å²) in [6.07, 6.45) is 1.03. The lowest BCUT2D eigenvalue weighted by molar-refractivity contribution is -0.119. The molecule has 0 aliphatic heterocycles. The van der Waals surface area contributed by atoms with E-state index in [0.29, 0.717) is 5.75 Å². The molecular weight excluding hydrogens is 308 g/mol. The van der Waals surface area contributed by atoms with Gasteiger partial charge in [-0.25, -0.2) is 0 Å². The molecule has 124 valence electrons. The third-order valence-electron chi connectivity index (χ3n) is 3.93. The van der Waals surface area contributed by atoms with E-state index in [9.17, 15) is 4.79 Å². The van der Waals surface area contributed by atoms with Crippen LogP contribution in [0.4, 0.5) is 0 Å². The van der Waals surface area contributed by atoms with Gasteiger partial charge in [-0.3, -0.25) is 4.79 Å². The first-order valence-electron chi connectivity index (χ1n) is 7.89. The summed E-state index contributed by atoms with van der Waals surface area (Å²) in [5, 5.41) is 6.97. The molecule has 0 bridgehead atoms. The normalized spacial score (nSPS) is 12.2. The number of nitrogens with one attached hydrogen (secondary N) is 1. The molecule has 0 saturated heterocycles. The second-order valence-electron chi connectivity index (χ2n) is 5.68. The van der Waals surface area contributed by atoms with E-state index in [1.807, 2.05) is 20.8 Å². The minimum atomic E-state index is 0.0214. The molecular formula is C18H24N2O2S. The van der Waals surface area contributed by atoms with Crippen molar-refractivity contribution in [2.75, 3.05) is 5.75 Å². The van der Waals surface area contributed by atoms with Gasteiger partial charge in [-0.05, 0) is 38.3 Å². The van der Waals surface area contributed by atoms with Crippen LogP contribution in [-0.4, -0.2) is 16.8 Å². The van der Waals surface area contributed by atoms with E-state index in [2.05, 4.69) is 41.7 Å². The lowest BCUT2D eigenvalue weighted by Crippen LogP contribution is -2.28. The van der Waals surface area contributed by atoms with Crippen molar-refractivity contribution in [2.45, 2.75) is 45.9 Å². The highest BCUT2D eigenvalue weighted by Gasteiger charge is 2.12. The molecule has 1 aromatic heterocycles. The fourth-order valence-electron chi connectivity index (χ4n) is 2.36. The Hall–Kier alpha value is -1.75. The molecule has 1 aromatic carbocycles. The zero-order valence-corrected chi connectivity index (χ0v) is 15.0. The molecule has 0 aliphatic carbocycles. The monoisotopic (exact) mass is 332 g/mol. The molecule has 1 unspecified atom stereocenters. The maximum absolute atomic E-state index is 12.1. The number of aromatic nitrogens is 1. The van der Waals surface area contributed by atoms with Gasteiger partial charge in [0.1, 0.15) is 5.76 Å². The average molecular weight is 332 g/mol. The van der Waals surface area contributed by atoms with Crippen LogP contribution in [0.15, 0.2) is 28.8 Å². The fraction of sp³-hybridized carbons (Fsp3) is 0.444. The molecule has 2 rings (SSSR count). The second kappa shape index (κ2) is 8.20. The van der Waals surface area contributed by atoms with Crippen molar-refractivity contribution in [2.24, 2.45) is 0 Å². The Morgan fingerprint density at radius 1 is 1.30 bits per heavy atom. The molecule has 1 amide bonds. The predicted octanol–water partition coefficient (Wildman–Crippen LogP) is 3.96. The number of hydrogen-bond donors (Lipinski definition) is 1. The van der Waals surface area contributed by atoms with Crippen LogP contribution in [0.5, 0.6) is 0 Å². The van der Waals surface area contributed by atoms with Gasteiger partial charge in [-0.2, -0.15) is 0 Å². The number of aryl methyl sites for hydroxylation is 3. The first kappa shape index (κ1) is 17.6. The van der Waals surface area contributed by atoms with Crippen LogP contribution in [-0.2, 0) is 17.0 Å². The van der Waals surface area contributed by atoms with Gasteiger partial charge < -0.3 is 9.84 Å². The number of benzene rings is 1. The van der Waals surface area contributed by atoms with Gasteiger partial charge >= 0.3 is 0 Å². The minimum Gasteiger partial charge on any atom is -0.361 e. The molecule has 0 saturated carbocycles. The van der Waals surface area contributed by atoms with Crippen LogP contribution in [0.1, 0.15) is 48.0 Å². The standard InChI is InChI=1S/C18H24N2O2S/c1-5-15-6-8-16(9-7-15)12(2)19-18(21)11-23-10-17-13(3)20-22-14(17)4/h6-9,12H,5,10-11H2,1-4H3,(H,19,21). The van der Waals surface area contributed by atoms with E-state index >= 15 is 0 Å². The quantitative estimate of drug-likeness (QED) is 0.834. The Morgan fingerprint density at radius 3 is 2.57 bits per heavy atom. The van der Waals surface area contributed by atoms with Gasteiger partial charge in [0.15, 0.2) is 0 Å². The van der Waals surface area contributed by atoms with Crippen molar-refractivity contribution in [3.05, 3.63) is 52.4 Å². The minimum absolute atomic E-state index is 0.0214. The lowest BCUT2D eigenvalue weighted by atomic mass is 10.1. The molecule has 5 heteroatoms. The number of amides is 1. The largest absolute Gasteiger partial charge is 0.361 e. The maximum Gasteiger partial charge on any atom is 0.230 e. The zero-order valence-electron chi connectivity index (χ0n) is 14.2. The van der Waals surface area contributed by atoms with Crippen molar-refractivity contribution < 1.29 is 9.32 Å². The highest BCUT2D eigenvalue weighted by atomic mass is 32.2. The Kier molecular flexibility index (Phi) is 6.28. The van der Waals surface area contributed by atoms with Gasteiger partial charge in [0.05, 0.1) is 17.5 Å². The van der Waals surface area contributed by atoms with Crippen molar-refractivity contribution >= 4 is 17.7 Å². The lowest BCUT2D eigenvalue weighted by Gasteiger charge is -2.14. The van der Waals surface area contributed by atoms with Gasteiger partial charge in [0.2, 0.25) is 5.91 Å². The molecule has 0 aliphatic rings.